The van der Waals surface area contributed by atoms with Gasteiger partial charge in [-0.1, -0.05) is 18.3 Å². The third-order valence-corrected chi connectivity index (χ3v) is 5.73. The van der Waals surface area contributed by atoms with E-state index in [0.29, 0.717) is 28.7 Å². The third-order valence-electron chi connectivity index (χ3n) is 4.43. The lowest BCUT2D eigenvalue weighted by Gasteiger charge is -2.18. The molecule has 0 saturated heterocycles. The molecule has 27 heavy (non-hydrogen) atoms. The largest absolute Gasteiger partial charge is 0.494 e. The van der Waals surface area contributed by atoms with Gasteiger partial charge in [0.25, 0.3) is 0 Å². The van der Waals surface area contributed by atoms with E-state index in [9.17, 15) is 9.18 Å². The number of methoxy groups -OCH3 is 1. The molecule has 9 heteroatoms. The van der Waals surface area contributed by atoms with Crippen LogP contribution in [0, 0.1) is 9.77 Å². The highest BCUT2D eigenvalue weighted by atomic mass is 32.1. The Morgan fingerprint density at radius 3 is 2.85 bits per heavy atom. The number of hydrogen-bond donors (Lipinski definition) is 1. The lowest BCUT2D eigenvalue weighted by atomic mass is 10.2. The number of halogens is 1. The Balaban J connectivity index is 1.70. The minimum absolute atomic E-state index is 0.0859. The van der Waals surface area contributed by atoms with Crippen LogP contribution in [0.4, 0.5) is 9.52 Å². The maximum Gasteiger partial charge on any atom is 0.228 e. The number of quaternary nitrogens is 1. The van der Waals surface area contributed by atoms with Gasteiger partial charge < -0.3 is 9.64 Å². The van der Waals surface area contributed by atoms with Crippen LogP contribution in [-0.2, 0) is 18.0 Å². The summed E-state index contributed by atoms with van der Waals surface area (Å²) in [4.78, 5) is 15.2. The summed E-state index contributed by atoms with van der Waals surface area (Å²) >= 11 is 6.82. The highest BCUT2D eigenvalue weighted by Gasteiger charge is 2.35. The second-order valence-corrected chi connectivity index (χ2v) is 8.36. The van der Waals surface area contributed by atoms with E-state index in [-0.39, 0.29) is 23.5 Å². The minimum Gasteiger partial charge on any atom is -0.494 e. The Hall–Kier alpha value is -1.84. The van der Waals surface area contributed by atoms with Crippen molar-refractivity contribution < 1.29 is 18.8 Å². The van der Waals surface area contributed by atoms with Gasteiger partial charge in [-0.05, 0) is 43.3 Å². The molecule has 0 spiro atoms. The van der Waals surface area contributed by atoms with Crippen molar-refractivity contribution in [2.45, 2.75) is 45.4 Å². The molecule has 1 fully saturated rings. The van der Waals surface area contributed by atoms with Gasteiger partial charge in [0, 0.05) is 18.0 Å². The van der Waals surface area contributed by atoms with Gasteiger partial charge in [-0.2, -0.15) is 4.68 Å². The Labute approximate surface area is 167 Å². The molecule has 1 saturated carbocycles. The smallest absolute Gasteiger partial charge is 0.228 e. The van der Waals surface area contributed by atoms with Crippen molar-refractivity contribution in [1.82, 2.24) is 9.78 Å². The molecule has 1 aliphatic rings. The van der Waals surface area contributed by atoms with Crippen molar-refractivity contribution in [3.8, 4) is 5.75 Å². The fourth-order valence-electron chi connectivity index (χ4n) is 2.94. The maximum absolute atomic E-state index is 13.9. The lowest BCUT2D eigenvalue weighted by Crippen LogP contribution is -3.07. The molecule has 0 bridgehead atoms. The number of ether oxygens (including phenoxy) is 1. The average molecular weight is 412 g/mol. The number of nitrogens with one attached hydrogen (secondary N) is 1. The molecule has 1 atom stereocenters. The van der Waals surface area contributed by atoms with Crippen LogP contribution in [0.15, 0.2) is 18.2 Å². The Kier molecular flexibility index (Phi) is 6.23. The van der Waals surface area contributed by atoms with Gasteiger partial charge in [0.1, 0.15) is 6.54 Å². The van der Waals surface area contributed by atoms with E-state index in [1.165, 1.54) is 24.5 Å². The summed E-state index contributed by atoms with van der Waals surface area (Å²) in [6, 6.07) is 5.24. The number of carbonyl (C=O) groups excluding carboxylic acids is 1. The van der Waals surface area contributed by atoms with Crippen LogP contribution in [0.2, 0.25) is 0 Å². The van der Waals surface area contributed by atoms with E-state index >= 15 is 0 Å². The molecule has 1 amide bonds. The van der Waals surface area contributed by atoms with Crippen LogP contribution in [0.25, 0.3) is 0 Å². The van der Waals surface area contributed by atoms with E-state index < -0.39 is 0 Å². The second kappa shape index (κ2) is 8.45. The highest BCUT2D eigenvalue weighted by molar-refractivity contribution is 7.73. The molecular weight excluding hydrogens is 387 g/mol. The van der Waals surface area contributed by atoms with Crippen LogP contribution < -0.4 is 14.5 Å². The molecule has 1 aromatic carbocycles. The number of nitrogens with zero attached hydrogens (tertiary/aromatic N) is 3. The van der Waals surface area contributed by atoms with E-state index in [1.807, 2.05) is 20.0 Å². The number of rotatable bonds is 8. The highest BCUT2D eigenvalue weighted by Crippen LogP contribution is 2.33. The molecule has 3 rings (SSSR count). The fraction of sp³-hybridized carbons (Fsp3) is 0.500. The van der Waals surface area contributed by atoms with E-state index in [2.05, 4.69) is 5.10 Å². The molecule has 0 radical (unpaired) electrons. The minimum atomic E-state index is -0.367. The molecule has 1 aliphatic carbocycles. The molecule has 1 heterocycles. The molecule has 1 aromatic heterocycles. The average Bonchev–Trinajstić information content (AvgIpc) is 3.39. The summed E-state index contributed by atoms with van der Waals surface area (Å²) in [7, 11) is 3.45. The van der Waals surface area contributed by atoms with Gasteiger partial charge in [-0.15, -0.1) is 5.10 Å². The molecule has 1 N–H and O–H groups in total. The van der Waals surface area contributed by atoms with Gasteiger partial charge in [0.15, 0.2) is 22.2 Å². The van der Waals surface area contributed by atoms with Crippen LogP contribution in [0.1, 0.15) is 31.7 Å². The molecule has 146 valence electrons. The summed E-state index contributed by atoms with van der Waals surface area (Å²) in [5.74, 6) is -0.0418. The molecule has 2 aromatic rings. The van der Waals surface area contributed by atoms with Gasteiger partial charge in [0.2, 0.25) is 11.0 Å². The Bertz CT molecular complexity index is 878. The summed E-state index contributed by atoms with van der Waals surface area (Å²) in [6.45, 7) is 3.03. The van der Waals surface area contributed by atoms with Crippen molar-refractivity contribution in [2.75, 3.05) is 19.1 Å². The molecular formula is C18H24FN4O2S2+. The van der Waals surface area contributed by atoms with Crippen LogP contribution in [0.3, 0.4) is 0 Å². The zero-order chi connectivity index (χ0) is 19.6. The summed E-state index contributed by atoms with van der Waals surface area (Å²) in [5, 5.41) is 5.27. The van der Waals surface area contributed by atoms with Gasteiger partial charge >= 0.3 is 0 Å². The Morgan fingerprint density at radius 1 is 1.52 bits per heavy atom. The van der Waals surface area contributed by atoms with Crippen molar-refractivity contribution in [3.63, 3.8) is 0 Å². The lowest BCUT2D eigenvalue weighted by molar-refractivity contribution is -0.917. The van der Waals surface area contributed by atoms with E-state index in [1.54, 1.807) is 15.6 Å². The number of amides is 1. The predicted molar refractivity (Wildman–Crippen MR) is 105 cm³/mol. The zero-order valence-electron chi connectivity index (χ0n) is 15.7. The number of anilines is 1. The monoisotopic (exact) mass is 411 g/mol. The standard InChI is InChI=1S/C18H23FN4O2S2/c1-4-16(24)23(13-6-7-13)17-20-22(18(26)27-17)11-21(2)10-12-5-8-15(25-3)14(19)9-12/h5,8-9,13H,4,6-7,10-11H2,1-3H3/p+1. The summed E-state index contributed by atoms with van der Waals surface area (Å²) < 4.78 is 21.2. The Morgan fingerprint density at radius 2 is 2.26 bits per heavy atom. The SMILES string of the molecule is CCC(=O)N(c1nn(C[NH+](C)Cc2ccc(OC)c(F)c2)c(=S)s1)C1CC1. The quantitative estimate of drug-likeness (QED) is 0.678. The maximum atomic E-state index is 13.9. The number of aromatic nitrogens is 2. The number of carbonyl (C=O) groups is 1. The molecule has 0 aliphatic heterocycles. The summed E-state index contributed by atoms with van der Waals surface area (Å²) in [6.07, 6.45) is 2.50. The van der Waals surface area contributed by atoms with E-state index in [0.717, 1.165) is 23.3 Å². The second-order valence-electron chi connectivity index (χ2n) is 6.76. The first-order valence-electron chi connectivity index (χ1n) is 8.96. The molecule has 6 nitrogen and oxygen atoms in total. The van der Waals surface area contributed by atoms with Gasteiger partial charge in [0.05, 0.1) is 14.2 Å². The zero-order valence-corrected chi connectivity index (χ0v) is 17.3. The first kappa shape index (κ1) is 19.9. The summed E-state index contributed by atoms with van der Waals surface area (Å²) in [5.41, 5.74) is 0.869. The van der Waals surface area contributed by atoms with Crippen LogP contribution in [0.5, 0.6) is 5.75 Å². The fourth-order valence-corrected chi connectivity index (χ4v) is 4.13. The number of benzene rings is 1. The van der Waals surface area contributed by atoms with Gasteiger partial charge in [-0.25, -0.2) is 4.39 Å². The van der Waals surface area contributed by atoms with Crippen LogP contribution in [-0.4, -0.2) is 35.9 Å². The van der Waals surface area contributed by atoms with Crippen molar-refractivity contribution in [3.05, 3.63) is 33.5 Å². The number of hydrogen-bond acceptors (Lipinski definition) is 5. The first-order valence-corrected chi connectivity index (χ1v) is 10.2. The van der Waals surface area contributed by atoms with Crippen LogP contribution >= 0.6 is 23.6 Å². The predicted octanol–water partition coefficient (Wildman–Crippen LogP) is 2.40. The van der Waals surface area contributed by atoms with Crippen molar-refractivity contribution in [2.24, 2.45) is 0 Å². The topological polar surface area (TPSA) is 51.8 Å². The van der Waals surface area contributed by atoms with E-state index in [4.69, 9.17) is 17.0 Å². The normalized spacial score (nSPS) is 14.8. The van der Waals surface area contributed by atoms with Gasteiger partial charge in [-0.3, -0.25) is 9.69 Å². The first-order chi connectivity index (χ1) is 12.9. The van der Waals surface area contributed by atoms with Crippen molar-refractivity contribution >= 4 is 34.6 Å². The third kappa shape index (κ3) is 4.72. The molecule has 1 unspecified atom stereocenters. The van der Waals surface area contributed by atoms with Crippen molar-refractivity contribution in [1.29, 1.82) is 0 Å².